The van der Waals surface area contributed by atoms with Crippen molar-refractivity contribution in [3.05, 3.63) is 131 Å². The molecule has 7 rings (SSSR count). The number of pyridine rings is 1. The third-order valence-electron chi connectivity index (χ3n) is 8.44. The Labute approximate surface area is 231 Å². The third-order valence-corrected chi connectivity index (χ3v) is 8.44. The summed E-state index contributed by atoms with van der Waals surface area (Å²) in [7, 11) is 1.57. The van der Waals surface area contributed by atoms with Gasteiger partial charge in [0.2, 0.25) is 5.91 Å². The van der Waals surface area contributed by atoms with Crippen molar-refractivity contribution >= 4 is 29.2 Å². The maximum absolute atomic E-state index is 14.6. The number of amides is 1. The van der Waals surface area contributed by atoms with Crippen LogP contribution < -0.4 is 10.1 Å². The lowest BCUT2D eigenvalue weighted by molar-refractivity contribution is -0.122. The number of nitrogens with one attached hydrogen (secondary N) is 1. The fourth-order valence-corrected chi connectivity index (χ4v) is 6.78. The summed E-state index contributed by atoms with van der Waals surface area (Å²) in [6, 6.07) is 24.0. The number of rotatable bonds is 5. The average molecular weight is 528 g/mol. The van der Waals surface area contributed by atoms with Gasteiger partial charge in [0.05, 0.1) is 19.1 Å². The minimum absolute atomic E-state index is 0.243. The molecule has 0 bridgehead atoms. The number of carbonyl (C=O) groups excluding carboxylic acids is 3. The second-order valence-electron chi connectivity index (χ2n) is 10.3. The topological polar surface area (TPSA) is 88.6 Å². The van der Waals surface area contributed by atoms with Crippen LogP contribution in [0.1, 0.15) is 43.4 Å². The minimum atomic E-state index is -1.36. The Morgan fingerprint density at radius 2 is 1.68 bits per heavy atom. The first-order valence-electron chi connectivity index (χ1n) is 13.1. The number of fused-ring (bicyclic) bond motifs is 6. The van der Waals surface area contributed by atoms with Crippen LogP contribution >= 0.6 is 0 Å². The van der Waals surface area contributed by atoms with Crippen molar-refractivity contribution in [2.75, 3.05) is 12.4 Å². The van der Waals surface area contributed by atoms with Crippen molar-refractivity contribution in [3.63, 3.8) is 0 Å². The molecule has 3 aliphatic heterocycles. The molecule has 1 spiro atoms. The predicted octanol–water partition coefficient (Wildman–Crippen LogP) is 5.07. The highest BCUT2D eigenvalue weighted by Crippen LogP contribution is 2.62. The van der Waals surface area contributed by atoms with E-state index in [-0.39, 0.29) is 17.5 Å². The van der Waals surface area contributed by atoms with Crippen LogP contribution in [0.25, 0.3) is 6.08 Å². The normalized spacial score (nSPS) is 23.8. The summed E-state index contributed by atoms with van der Waals surface area (Å²) in [4.78, 5) is 49.6. The van der Waals surface area contributed by atoms with Gasteiger partial charge in [-0.25, -0.2) is 0 Å². The van der Waals surface area contributed by atoms with Crippen LogP contribution in [0.5, 0.6) is 5.75 Å². The molecule has 1 N–H and O–H groups in total. The molecule has 1 aromatic heterocycles. The van der Waals surface area contributed by atoms with Gasteiger partial charge in [-0.2, -0.15) is 0 Å². The van der Waals surface area contributed by atoms with Gasteiger partial charge in [-0.3, -0.25) is 19.4 Å². The zero-order chi connectivity index (χ0) is 27.4. The van der Waals surface area contributed by atoms with Crippen LogP contribution in [0.15, 0.2) is 104 Å². The van der Waals surface area contributed by atoms with Crippen molar-refractivity contribution in [1.82, 2.24) is 9.88 Å². The van der Waals surface area contributed by atoms with Crippen molar-refractivity contribution in [2.45, 2.75) is 17.5 Å². The number of ether oxygens (including phenoxy) is 1. The first kappa shape index (κ1) is 24.0. The zero-order valence-electron chi connectivity index (χ0n) is 21.7. The number of Topliss-reactive ketones (excluding diaryl/α,β-unsaturated/α-hetero) is 2. The summed E-state index contributed by atoms with van der Waals surface area (Å²) in [6.07, 6.45) is 6.92. The Kier molecular flexibility index (Phi) is 5.42. The molecule has 7 heteroatoms. The first-order chi connectivity index (χ1) is 19.6. The summed E-state index contributed by atoms with van der Waals surface area (Å²) < 4.78 is 5.30. The zero-order valence-corrected chi connectivity index (χ0v) is 21.7. The summed E-state index contributed by atoms with van der Waals surface area (Å²) in [5.41, 5.74) is 2.64. The summed E-state index contributed by atoms with van der Waals surface area (Å²) in [5.74, 6) is -1.24. The SMILES string of the molecule is COc1ccc(C(=O)[C@@H]2[C@@H](C(=O)c3cccnc3)[C@@]3(C(=O)Nc4ccccc43)[C@H]3c4ccccc4C=CN23)cc1. The molecule has 0 radical (unpaired) electrons. The number of hydrogen-bond acceptors (Lipinski definition) is 6. The second-order valence-corrected chi connectivity index (χ2v) is 10.3. The molecule has 4 atom stereocenters. The fraction of sp³-hybridized carbons (Fsp3) is 0.152. The molecule has 3 aliphatic rings. The Hall–Kier alpha value is -5.04. The first-order valence-corrected chi connectivity index (χ1v) is 13.1. The molecule has 4 heterocycles. The number of nitrogens with zero attached hydrogens (tertiary/aromatic N) is 2. The van der Waals surface area contributed by atoms with Gasteiger partial charge in [0.15, 0.2) is 11.6 Å². The fourth-order valence-electron chi connectivity index (χ4n) is 6.78. The van der Waals surface area contributed by atoms with Crippen LogP contribution in [-0.2, 0) is 10.2 Å². The van der Waals surface area contributed by atoms with Crippen molar-refractivity contribution < 1.29 is 19.1 Å². The average Bonchev–Trinajstić information content (AvgIpc) is 3.49. The molecule has 1 amide bonds. The van der Waals surface area contributed by atoms with Gasteiger partial charge in [0, 0.05) is 35.4 Å². The van der Waals surface area contributed by atoms with Crippen LogP contribution in [0.2, 0.25) is 0 Å². The molecule has 4 aromatic rings. The van der Waals surface area contributed by atoms with Crippen LogP contribution in [0, 0.1) is 5.92 Å². The number of methoxy groups -OCH3 is 1. The van der Waals surface area contributed by atoms with Crippen molar-refractivity contribution in [1.29, 1.82) is 0 Å². The lowest BCUT2D eigenvalue weighted by atomic mass is 9.62. The van der Waals surface area contributed by atoms with Gasteiger partial charge in [-0.1, -0.05) is 42.5 Å². The van der Waals surface area contributed by atoms with Gasteiger partial charge < -0.3 is 15.0 Å². The summed E-state index contributed by atoms with van der Waals surface area (Å²) in [5, 5.41) is 3.06. The van der Waals surface area contributed by atoms with E-state index < -0.39 is 23.4 Å². The van der Waals surface area contributed by atoms with E-state index in [0.29, 0.717) is 28.1 Å². The summed E-state index contributed by atoms with van der Waals surface area (Å²) in [6.45, 7) is 0. The molecule has 0 unspecified atom stereocenters. The standard InChI is InChI=1S/C33H25N3O4/c1-40-23-14-12-21(13-15-23)30(38)28-27(29(37)22-8-6-17-34-19-22)33(25-10-4-5-11-26(25)35-32(33)39)31-24-9-3-2-7-20(24)16-18-36(28)31/h2-19,27-28,31H,1H3,(H,35,39)/t27-,28-,31+,33+/m0/s1. The number of anilines is 1. The molecule has 1 fully saturated rings. The number of carbonyl (C=O) groups is 3. The number of para-hydroxylation sites is 1. The predicted molar refractivity (Wildman–Crippen MR) is 150 cm³/mol. The maximum Gasteiger partial charge on any atom is 0.238 e. The van der Waals surface area contributed by atoms with Gasteiger partial charge in [0.25, 0.3) is 0 Å². The maximum atomic E-state index is 14.6. The third kappa shape index (κ3) is 3.24. The van der Waals surface area contributed by atoms with E-state index in [9.17, 15) is 14.4 Å². The largest absolute Gasteiger partial charge is 0.497 e. The Morgan fingerprint density at radius 1 is 0.900 bits per heavy atom. The number of ketones is 2. The molecule has 196 valence electrons. The Bertz CT molecular complexity index is 1700. The van der Waals surface area contributed by atoms with Crippen LogP contribution in [-0.4, -0.2) is 40.5 Å². The lowest BCUT2D eigenvalue weighted by Crippen LogP contribution is -2.49. The molecule has 3 aromatic carbocycles. The van der Waals surface area contributed by atoms with E-state index in [1.165, 1.54) is 6.20 Å². The highest BCUT2D eigenvalue weighted by Gasteiger charge is 2.70. The number of benzene rings is 3. The van der Waals surface area contributed by atoms with E-state index in [1.54, 1.807) is 49.7 Å². The second kappa shape index (κ2) is 9.02. The Balaban J connectivity index is 1.52. The molecule has 1 saturated heterocycles. The highest BCUT2D eigenvalue weighted by molar-refractivity contribution is 6.16. The molecular weight excluding hydrogens is 502 g/mol. The van der Waals surface area contributed by atoms with Crippen LogP contribution in [0.3, 0.4) is 0 Å². The van der Waals surface area contributed by atoms with Crippen molar-refractivity contribution in [2.24, 2.45) is 5.92 Å². The highest BCUT2D eigenvalue weighted by atomic mass is 16.5. The Morgan fingerprint density at radius 3 is 2.45 bits per heavy atom. The van der Waals surface area contributed by atoms with Crippen LogP contribution in [0.4, 0.5) is 5.69 Å². The monoisotopic (exact) mass is 527 g/mol. The molecular formula is C33H25N3O4. The van der Waals surface area contributed by atoms with Crippen molar-refractivity contribution in [3.8, 4) is 5.75 Å². The van der Waals surface area contributed by atoms with Gasteiger partial charge >= 0.3 is 0 Å². The van der Waals surface area contributed by atoms with E-state index >= 15 is 0 Å². The summed E-state index contributed by atoms with van der Waals surface area (Å²) >= 11 is 0. The van der Waals surface area contributed by atoms with E-state index in [0.717, 1.165) is 11.1 Å². The van der Waals surface area contributed by atoms with E-state index in [4.69, 9.17) is 4.74 Å². The number of aromatic nitrogens is 1. The van der Waals surface area contributed by atoms with Gasteiger partial charge in [0.1, 0.15) is 17.2 Å². The molecule has 0 saturated carbocycles. The van der Waals surface area contributed by atoms with Gasteiger partial charge in [-0.15, -0.1) is 0 Å². The molecule has 7 nitrogen and oxygen atoms in total. The van der Waals surface area contributed by atoms with E-state index in [1.807, 2.05) is 65.7 Å². The van der Waals surface area contributed by atoms with Gasteiger partial charge in [-0.05, 0) is 65.2 Å². The van der Waals surface area contributed by atoms with E-state index in [2.05, 4.69) is 10.3 Å². The molecule has 40 heavy (non-hydrogen) atoms. The quantitative estimate of drug-likeness (QED) is 0.365. The molecule has 0 aliphatic carbocycles. The minimum Gasteiger partial charge on any atom is -0.497 e. The lowest BCUT2D eigenvalue weighted by Gasteiger charge is -2.38. The smallest absolute Gasteiger partial charge is 0.238 e. The number of hydrogen-bond donors (Lipinski definition) is 1.